The Morgan fingerprint density at radius 3 is 2.69 bits per heavy atom. The number of carbonyl (C=O) groups excluding carboxylic acids is 2. The second kappa shape index (κ2) is 11.0. The van der Waals surface area contributed by atoms with Crippen molar-refractivity contribution in [2.45, 2.75) is 52.2 Å². The van der Waals surface area contributed by atoms with Crippen molar-refractivity contribution >= 4 is 17.6 Å². The van der Waals surface area contributed by atoms with Gasteiger partial charge in [-0.2, -0.15) is 5.10 Å². The zero-order valence-electron chi connectivity index (χ0n) is 24.5. The fraction of sp³-hybridized carbons (Fsp3) is 0.500. The number of likely N-dealkylation sites (tertiary alicyclic amines) is 1. The Hall–Kier alpha value is -4.06. The first kappa shape index (κ1) is 28.1. The Balaban J connectivity index is 1.12. The third-order valence-corrected chi connectivity index (χ3v) is 8.73. The van der Waals surface area contributed by atoms with Crippen molar-refractivity contribution in [3.8, 4) is 11.5 Å². The zero-order valence-corrected chi connectivity index (χ0v) is 24.5. The predicted molar refractivity (Wildman–Crippen MR) is 154 cm³/mol. The molecule has 0 aliphatic carbocycles. The zero-order chi connectivity index (χ0) is 29.6. The van der Waals surface area contributed by atoms with Crippen LogP contribution in [0.1, 0.15) is 61.3 Å². The van der Waals surface area contributed by atoms with Crippen molar-refractivity contribution in [3.63, 3.8) is 0 Å². The van der Waals surface area contributed by atoms with Gasteiger partial charge in [0.15, 0.2) is 11.6 Å². The topological polar surface area (TPSA) is 109 Å². The van der Waals surface area contributed by atoms with E-state index in [9.17, 15) is 14.0 Å². The number of aromatic nitrogens is 4. The highest BCUT2D eigenvalue weighted by Gasteiger charge is 2.47. The largest absolute Gasteiger partial charge is 0.451 e. The molecule has 6 rings (SSSR count). The van der Waals surface area contributed by atoms with Crippen LogP contribution < -0.4 is 15.0 Å². The third-order valence-electron chi connectivity index (χ3n) is 8.73. The van der Waals surface area contributed by atoms with Crippen molar-refractivity contribution in [1.29, 1.82) is 0 Å². The summed E-state index contributed by atoms with van der Waals surface area (Å²) < 4.78 is 22.2. The number of piperidine rings is 1. The summed E-state index contributed by atoms with van der Waals surface area (Å²) in [6, 6.07) is 3.61. The molecule has 42 heavy (non-hydrogen) atoms. The highest BCUT2D eigenvalue weighted by molar-refractivity contribution is 5.97. The van der Waals surface area contributed by atoms with Gasteiger partial charge in [-0.25, -0.2) is 14.4 Å². The number of hydrogen-bond donors (Lipinski definition) is 1. The van der Waals surface area contributed by atoms with Crippen LogP contribution in [0.2, 0.25) is 0 Å². The standard InChI is InChI=1S/C30H37FN8O3/c1-5-39(19(2)3)28(40)21-12-20(31)6-7-24(21)42-25-14-32-18-34-27(25)38-16-30(17-38)8-10-37(11-9-30)29(41)26-22-15-36(4)35-23(22)13-33-26/h6-7,12,14-15,18-19,26,33H,5,8-11,13,16-17H2,1-4H3/t26-/m0/s1. The first-order valence-corrected chi connectivity index (χ1v) is 14.6. The van der Waals surface area contributed by atoms with E-state index in [0.29, 0.717) is 37.7 Å². The fourth-order valence-electron chi connectivity index (χ4n) is 6.47. The summed E-state index contributed by atoms with van der Waals surface area (Å²) >= 11 is 0. The van der Waals surface area contributed by atoms with Crippen LogP contribution in [-0.2, 0) is 18.4 Å². The van der Waals surface area contributed by atoms with Crippen LogP contribution >= 0.6 is 0 Å². The molecule has 12 heteroatoms. The Kier molecular flexibility index (Phi) is 7.34. The quantitative estimate of drug-likeness (QED) is 0.457. The summed E-state index contributed by atoms with van der Waals surface area (Å²) in [5, 5.41) is 7.75. The number of nitrogens with one attached hydrogen (secondary N) is 1. The second-order valence-electron chi connectivity index (χ2n) is 11.8. The molecule has 11 nitrogen and oxygen atoms in total. The molecule has 0 saturated carbocycles. The minimum absolute atomic E-state index is 0.0459. The number of ether oxygens (including phenoxy) is 1. The van der Waals surface area contributed by atoms with Crippen molar-refractivity contribution in [1.82, 2.24) is 34.9 Å². The van der Waals surface area contributed by atoms with Gasteiger partial charge in [0.1, 0.15) is 23.9 Å². The summed E-state index contributed by atoms with van der Waals surface area (Å²) in [6.07, 6.45) is 6.80. The van der Waals surface area contributed by atoms with Crippen LogP contribution in [0.3, 0.4) is 0 Å². The SMILES string of the molecule is CCN(C(=O)c1cc(F)ccc1Oc1cncnc1N1CC2(CCN(C(=O)[C@H]3NCc4nn(C)cc43)CC2)C1)C(C)C. The normalized spacial score (nSPS) is 19.1. The van der Waals surface area contributed by atoms with E-state index in [1.165, 1.54) is 24.5 Å². The van der Waals surface area contributed by atoms with E-state index in [4.69, 9.17) is 4.74 Å². The van der Waals surface area contributed by atoms with Crippen LogP contribution in [0.5, 0.6) is 11.5 Å². The second-order valence-corrected chi connectivity index (χ2v) is 11.8. The van der Waals surface area contributed by atoms with Crippen LogP contribution in [0.25, 0.3) is 0 Å². The Morgan fingerprint density at radius 1 is 1.21 bits per heavy atom. The summed E-state index contributed by atoms with van der Waals surface area (Å²) in [7, 11) is 1.88. The van der Waals surface area contributed by atoms with Crippen LogP contribution in [-0.4, -0.2) is 80.1 Å². The van der Waals surface area contributed by atoms with E-state index in [1.54, 1.807) is 15.8 Å². The molecule has 222 valence electrons. The first-order chi connectivity index (χ1) is 20.2. The summed E-state index contributed by atoms with van der Waals surface area (Å²) in [4.78, 5) is 41.1. The van der Waals surface area contributed by atoms with E-state index in [1.807, 2.05) is 38.9 Å². The van der Waals surface area contributed by atoms with E-state index in [2.05, 4.69) is 25.3 Å². The van der Waals surface area contributed by atoms with Gasteiger partial charge in [0.05, 0.1) is 17.5 Å². The Labute approximate surface area is 244 Å². The van der Waals surface area contributed by atoms with Gasteiger partial charge in [-0.05, 0) is 51.8 Å². The molecule has 2 amide bonds. The molecule has 0 unspecified atom stereocenters. The van der Waals surface area contributed by atoms with Crippen LogP contribution in [0, 0.1) is 11.2 Å². The Morgan fingerprint density at radius 2 is 1.98 bits per heavy atom. The molecule has 1 spiro atoms. The van der Waals surface area contributed by atoms with Gasteiger partial charge in [-0.3, -0.25) is 19.6 Å². The highest BCUT2D eigenvalue weighted by Crippen LogP contribution is 2.45. The van der Waals surface area contributed by atoms with Gasteiger partial charge in [0.25, 0.3) is 5.91 Å². The maximum atomic E-state index is 14.2. The van der Waals surface area contributed by atoms with E-state index in [0.717, 1.165) is 37.2 Å². The summed E-state index contributed by atoms with van der Waals surface area (Å²) in [6.45, 7) is 9.82. The lowest BCUT2D eigenvalue weighted by Gasteiger charge is -2.54. The molecule has 2 aromatic heterocycles. The Bertz CT molecular complexity index is 1490. The molecule has 0 radical (unpaired) electrons. The van der Waals surface area contributed by atoms with Crippen molar-refractivity contribution in [2.75, 3.05) is 37.6 Å². The summed E-state index contributed by atoms with van der Waals surface area (Å²) in [5.74, 6) is 0.616. The van der Waals surface area contributed by atoms with Gasteiger partial charge in [-0.15, -0.1) is 0 Å². The lowest BCUT2D eigenvalue weighted by molar-refractivity contribution is -0.136. The fourth-order valence-corrected chi connectivity index (χ4v) is 6.47. The molecule has 2 fully saturated rings. The van der Waals surface area contributed by atoms with Crippen molar-refractivity contribution < 1.29 is 18.7 Å². The number of nitrogens with zero attached hydrogens (tertiary/aromatic N) is 7. The third kappa shape index (κ3) is 5.08. The number of fused-ring (bicyclic) bond motifs is 1. The van der Waals surface area contributed by atoms with E-state index in [-0.39, 0.29) is 40.6 Å². The number of amides is 2. The number of hydrogen-bond acceptors (Lipinski definition) is 8. The van der Waals surface area contributed by atoms with E-state index >= 15 is 0 Å². The maximum absolute atomic E-state index is 14.2. The van der Waals surface area contributed by atoms with Crippen LogP contribution in [0.15, 0.2) is 36.9 Å². The molecule has 3 aliphatic heterocycles. The summed E-state index contributed by atoms with van der Waals surface area (Å²) in [5.41, 5.74) is 2.18. The predicted octanol–water partition coefficient (Wildman–Crippen LogP) is 3.29. The molecule has 1 aromatic carbocycles. The van der Waals surface area contributed by atoms with Crippen molar-refractivity contribution in [3.05, 3.63) is 59.6 Å². The number of benzene rings is 1. The smallest absolute Gasteiger partial charge is 0.257 e. The lowest BCUT2D eigenvalue weighted by Crippen LogP contribution is -2.61. The molecule has 3 aromatic rings. The minimum atomic E-state index is -0.505. The molecule has 3 aliphatic rings. The lowest BCUT2D eigenvalue weighted by atomic mass is 9.72. The number of halogens is 1. The molecular formula is C30H37FN8O3. The number of anilines is 1. The first-order valence-electron chi connectivity index (χ1n) is 14.6. The van der Waals surface area contributed by atoms with Crippen LogP contribution in [0.4, 0.5) is 10.2 Å². The van der Waals surface area contributed by atoms with E-state index < -0.39 is 5.82 Å². The van der Waals surface area contributed by atoms with Gasteiger partial charge in [-0.1, -0.05) is 0 Å². The molecule has 2 saturated heterocycles. The molecular weight excluding hydrogens is 539 g/mol. The van der Waals surface area contributed by atoms with Crippen molar-refractivity contribution in [2.24, 2.45) is 12.5 Å². The number of carbonyl (C=O) groups is 2. The average molecular weight is 577 g/mol. The maximum Gasteiger partial charge on any atom is 0.257 e. The minimum Gasteiger partial charge on any atom is -0.451 e. The number of aryl methyl sites for hydroxylation is 1. The van der Waals surface area contributed by atoms with Gasteiger partial charge >= 0.3 is 0 Å². The monoisotopic (exact) mass is 576 g/mol. The molecule has 5 heterocycles. The van der Waals surface area contributed by atoms with Gasteiger partial charge in [0, 0.05) is 69.5 Å². The van der Waals surface area contributed by atoms with Gasteiger partial charge in [0.2, 0.25) is 5.91 Å². The molecule has 1 N–H and O–H groups in total. The number of rotatable bonds is 7. The van der Waals surface area contributed by atoms with Gasteiger partial charge < -0.3 is 19.4 Å². The molecule has 0 bridgehead atoms. The average Bonchev–Trinajstić information content (AvgIpc) is 3.52. The molecule has 1 atom stereocenters. The highest BCUT2D eigenvalue weighted by atomic mass is 19.1.